The van der Waals surface area contributed by atoms with Gasteiger partial charge in [0.05, 0.1) is 0 Å². The van der Waals surface area contributed by atoms with Gasteiger partial charge in [0.15, 0.2) is 0 Å². The zero-order valence-corrected chi connectivity index (χ0v) is 8.90. The minimum atomic E-state index is 0.294. The van der Waals surface area contributed by atoms with E-state index in [4.69, 9.17) is 5.73 Å². The van der Waals surface area contributed by atoms with Crippen molar-refractivity contribution in [2.75, 3.05) is 20.1 Å². The Bertz CT molecular complexity index is 305. The van der Waals surface area contributed by atoms with Crippen molar-refractivity contribution in [2.45, 2.75) is 18.9 Å². The molecule has 1 aromatic rings. The van der Waals surface area contributed by atoms with Crippen LogP contribution >= 0.6 is 0 Å². The van der Waals surface area contributed by atoms with Crippen molar-refractivity contribution in [2.24, 2.45) is 5.73 Å². The Hall–Kier alpha value is -0.860. The summed E-state index contributed by atoms with van der Waals surface area (Å²) in [4.78, 5) is 2.30. The number of likely N-dealkylation sites (tertiary alicyclic amines) is 1. The molecule has 0 bridgehead atoms. The molecule has 2 rings (SSSR count). The number of rotatable bonds is 1. The summed E-state index contributed by atoms with van der Waals surface area (Å²) in [7, 11) is 2.13. The van der Waals surface area contributed by atoms with Crippen LogP contribution in [0.25, 0.3) is 0 Å². The second kappa shape index (κ2) is 3.71. The maximum atomic E-state index is 6.10. The van der Waals surface area contributed by atoms with E-state index in [1.807, 2.05) is 0 Å². The average molecular weight is 190 g/mol. The lowest BCUT2D eigenvalue weighted by molar-refractivity contribution is 0.407. The molecular weight excluding hydrogens is 172 g/mol. The highest BCUT2D eigenvalue weighted by molar-refractivity contribution is 5.27. The number of benzene rings is 1. The minimum absolute atomic E-state index is 0.294. The lowest BCUT2D eigenvalue weighted by Crippen LogP contribution is -2.27. The van der Waals surface area contributed by atoms with Crippen molar-refractivity contribution in [1.82, 2.24) is 4.90 Å². The summed E-state index contributed by atoms with van der Waals surface area (Å²) < 4.78 is 0. The first-order chi connectivity index (χ1) is 6.66. The highest BCUT2D eigenvalue weighted by atomic mass is 15.1. The van der Waals surface area contributed by atoms with Gasteiger partial charge in [-0.3, -0.25) is 0 Å². The Morgan fingerprint density at radius 3 is 2.36 bits per heavy atom. The van der Waals surface area contributed by atoms with Gasteiger partial charge in [0.2, 0.25) is 0 Å². The minimum Gasteiger partial charge on any atom is -0.326 e. The van der Waals surface area contributed by atoms with Crippen molar-refractivity contribution in [1.29, 1.82) is 0 Å². The van der Waals surface area contributed by atoms with Gasteiger partial charge in [-0.1, -0.05) is 29.8 Å². The molecule has 1 aromatic carbocycles. The first kappa shape index (κ1) is 9.69. The maximum absolute atomic E-state index is 6.10. The van der Waals surface area contributed by atoms with E-state index in [-0.39, 0.29) is 0 Å². The third kappa shape index (κ3) is 1.81. The summed E-state index contributed by atoms with van der Waals surface area (Å²) in [6, 6.07) is 9.04. The molecule has 76 valence electrons. The maximum Gasteiger partial charge on any atom is 0.0249 e. The van der Waals surface area contributed by atoms with Crippen molar-refractivity contribution < 1.29 is 0 Å². The molecular formula is C12H18N2. The largest absolute Gasteiger partial charge is 0.326 e. The quantitative estimate of drug-likeness (QED) is 0.724. The van der Waals surface area contributed by atoms with E-state index in [0.717, 1.165) is 13.1 Å². The van der Waals surface area contributed by atoms with Gasteiger partial charge in [-0.15, -0.1) is 0 Å². The molecule has 0 aliphatic carbocycles. The summed E-state index contributed by atoms with van der Waals surface area (Å²) >= 11 is 0. The highest BCUT2D eigenvalue weighted by Crippen LogP contribution is 2.25. The molecule has 2 nitrogen and oxygen atoms in total. The molecule has 2 N–H and O–H groups in total. The molecule has 1 saturated heterocycles. The molecule has 0 unspecified atom stereocenters. The number of likely N-dealkylation sites (N-methyl/N-ethyl adjacent to an activating group) is 1. The SMILES string of the molecule is Cc1ccc([C@H]2CN(C)C[C@@H]2N)cc1. The van der Waals surface area contributed by atoms with Crippen molar-refractivity contribution in [3.05, 3.63) is 35.4 Å². The topological polar surface area (TPSA) is 29.3 Å². The van der Waals surface area contributed by atoms with Gasteiger partial charge < -0.3 is 10.6 Å². The van der Waals surface area contributed by atoms with E-state index in [0.29, 0.717) is 12.0 Å². The Balaban J connectivity index is 2.19. The van der Waals surface area contributed by atoms with E-state index in [9.17, 15) is 0 Å². The van der Waals surface area contributed by atoms with Crippen LogP contribution in [-0.4, -0.2) is 31.1 Å². The van der Waals surface area contributed by atoms with Gasteiger partial charge in [0, 0.05) is 25.0 Å². The van der Waals surface area contributed by atoms with Crippen LogP contribution in [-0.2, 0) is 0 Å². The van der Waals surface area contributed by atoms with Gasteiger partial charge in [-0.2, -0.15) is 0 Å². The molecule has 0 radical (unpaired) electrons. The fourth-order valence-corrected chi connectivity index (χ4v) is 2.20. The molecule has 1 aliphatic heterocycles. The Kier molecular flexibility index (Phi) is 2.57. The molecule has 0 aromatic heterocycles. The van der Waals surface area contributed by atoms with Crippen LogP contribution in [0.3, 0.4) is 0 Å². The first-order valence-electron chi connectivity index (χ1n) is 5.17. The van der Waals surface area contributed by atoms with Crippen molar-refractivity contribution in [3.63, 3.8) is 0 Å². The molecule has 0 spiro atoms. The van der Waals surface area contributed by atoms with E-state index in [1.54, 1.807) is 0 Å². The summed E-state index contributed by atoms with van der Waals surface area (Å²) in [5, 5.41) is 0. The van der Waals surface area contributed by atoms with Crippen LogP contribution in [0.1, 0.15) is 17.0 Å². The Morgan fingerprint density at radius 2 is 1.86 bits per heavy atom. The van der Waals surface area contributed by atoms with E-state index in [2.05, 4.69) is 43.1 Å². The smallest absolute Gasteiger partial charge is 0.0249 e. The predicted molar refractivity (Wildman–Crippen MR) is 59.4 cm³/mol. The van der Waals surface area contributed by atoms with Gasteiger partial charge >= 0.3 is 0 Å². The third-order valence-electron chi connectivity index (χ3n) is 3.05. The van der Waals surface area contributed by atoms with Gasteiger partial charge in [0.25, 0.3) is 0 Å². The van der Waals surface area contributed by atoms with Gasteiger partial charge in [0.1, 0.15) is 0 Å². The fourth-order valence-electron chi connectivity index (χ4n) is 2.20. The van der Waals surface area contributed by atoms with Crippen LogP contribution < -0.4 is 5.73 Å². The molecule has 1 heterocycles. The second-order valence-electron chi connectivity index (χ2n) is 4.40. The zero-order chi connectivity index (χ0) is 10.1. The highest BCUT2D eigenvalue weighted by Gasteiger charge is 2.28. The number of aryl methyl sites for hydroxylation is 1. The standard InChI is InChI=1S/C12H18N2/c1-9-3-5-10(6-4-9)11-7-14(2)8-12(11)13/h3-6,11-12H,7-8,13H2,1-2H3/t11-,12+/m1/s1. The summed E-state index contributed by atoms with van der Waals surface area (Å²) in [6.45, 7) is 4.22. The van der Waals surface area contributed by atoms with Crippen LogP contribution in [0.15, 0.2) is 24.3 Å². The zero-order valence-electron chi connectivity index (χ0n) is 8.90. The normalized spacial score (nSPS) is 28.2. The summed E-state index contributed by atoms with van der Waals surface area (Å²) in [6.07, 6.45) is 0. The van der Waals surface area contributed by atoms with Crippen molar-refractivity contribution >= 4 is 0 Å². The molecule has 1 aliphatic rings. The predicted octanol–water partition coefficient (Wildman–Crippen LogP) is 1.35. The summed E-state index contributed by atoms with van der Waals surface area (Å²) in [5.74, 6) is 0.514. The molecule has 1 fully saturated rings. The van der Waals surface area contributed by atoms with Crippen LogP contribution in [0.4, 0.5) is 0 Å². The number of hydrogen-bond donors (Lipinski definition) is 1. The second-order valence-corrected chi connectivity index (χ2v) is 4.40. The van der Waals surface area contributed by atoms with E-state index < -0.39 is 0 Å². The third-order valence-corrected chi connectivity index (χ3v) is 3.05. The monoisotopic (exact) mass is 190 g/mol. The lowest BCUT2D eigenvalue weighted by Gasteiger charge is -2.14. The van der Waals surface area contributed by atoms with Crippen LogP contribution in [0.2, 0.25) is 0 Å². The fraction of sp³-hybridized carbons (Fsp3) is 0.500. The van der Waals surface area contributed by atoms with E-state index in [1.165, 1.54) is 11.1 Å². The molecule has 2 atom stereocenters. The Labute approximate surface area is 85.7 Å². The number of nitrogens with zero attached hydrogens (tertiary/aromatic N) is 1. The van der Waals surface area contributed by atoms with Gasteiger partial charge in [-0.25, -0.2) is 0 Å². The average Bonchev–Trinajstić information content (AvgIpc) is 2.47. The Morgan fingerprint density at radius 1 is 1.21 bits per heavy atom. The lowest BCUT2D eigenvalue weighted by atomic mass is 9.94. The van der Waals surface area contributed by atoms with Crippen LogP contribution in [0.5, 0.6) is 0 Å². The molecule has 2 heteroatoms. The van der Waals surface area contributed by atoms with Crippen LogP contribution in [0, 0.1) is 6.92 Å². The molecule has 0 amide bonds. The molecule has 14 heavy (non-hydrogen) atoms. The first-order valence-corrected chi connectivity index (χ1v) is 5.17. The van der Waals surface area contributed by atoms with E-state index >= 15 is 0 Å². The summed E-state index contributed by atoms with van der Waals surface area (Å²) in [5.41, 5.74) is 8.79. The molecule has 0 saturated carbocycles. The van der Waals surface area contributed by atoms with Gasteiger partial charge in [-0.05, 0) is 19.5 Å². The van der Waals surface area contributed by atoms with Crippen molar-refractivity contribution in [3.8, 4) is 0 Å². The number of nitrogens with two attached hydrogens (primary N) is 1. The number of hydrogen-bond acceptors (Lipinski definition) is 2.